The maximum absolute atomic E-state index is 14.0. The van der Waals surface area contributed by atoms with Crippen LogP contribution in [0.25, 0.3) is 11.3 Å². The Kier molecular flexibility index (Phi) is 4.03. The van der Waals surface area contributed by atoms with Crippen molar-refractivity contribution in [1.29, 1.82) is 0 Å². The minimum Gasteiger partial charge on any atom is -0.383 e. The predicted octanol–water partition coefficient (Wildman–Crippen LogP) is 4.12. The summed E-state index contributed by atoms with van der Waals surface area (Å²) >= 11 is 0. The van der Waals surface area contributed by atoms with E-state index in [4.69, 9.17) is 5.73 Å². The molecule has 1 aromatic heterocycles. The predicted molar refractivity (Wildman–Crippen MR) is 81.0 cm³/mol. The third-order valence-electron chi connectivity index (χ3n) is 3.33. The Bertz CT molecular complexity index is 654. The van der Waals surface area contributed by atoms with Gasteiger partial charge in [-0.25, -0.2) is 13.8 Å². The summed E-state index contributed by atoms with van der Waals surface area (Å²) in [5.41, 5.74) is 6.33. The van der Waals surface area contributed by atoms with Gasteiger partial charge in [0.15, 0.2) is 11.6 Å². The lowest BCUT2D eigenvalue weighted by molar-refractivity contribution is 0.497. The average molecular weight is 293 g/mol. The number of aromatic nitrogens is 2. The van der Waals surface area contributed by atoms with Crippen LogP contribution in [0, 0.1) is 11.6 Å². The summed E-state index contributed by atoms with van der Waals surface area (Å²) in [6.45, 7) is 8.79. The quantitative estimate of drug-likeness (QED) is 0.925. The van der Waals surface area contributed by atoms with Crippen LogP contribution in [-0.4, -0.2) is 9.55 Å². The summed E-state index contributed by atoms with van der Waals surface area (Å²) in [6.07, 6.45) is 0.884. The minimum atomic E-state index is -0.911. The van der Waals surface area contributed by atoms with Crippen molar-refractivity contribution in [1.82, 2.24) is 9.55 Å². The van der Waals surface area contributed by atoms with Crippen LogP contribution in [0.5, 0.6) is 0 Å². The van der Waals surface area contributed by atoms with Crippen LogP contribution < -0.4 is 5.73 Å². The van der Waals surface area contributed by atoms with E-state index in [9.17, 15) is 8.78 Å². The molecule has 114 valence electrons. The molecule has 0 aliphatic rings. The summed E-state index contributed by atoms with van der Waals surface area (Å²) < 4.78 is 29.3. The van der Waals surface area contributed by atoms with Gasteiger partial charge >= 0.3 is 0 Å². The molecule has 0 atom stereocenters. The van der Waals surface area contributed by atoms with Crippen LogP contribution in [0.1, 0.15) is 39.9 Å². The molecule has 0 bridgehead atoms. The molecule has 0 aliphatic heterocycles. The minimum absolute atomic E-state index is 0.104. The summed E-state index contributed by atoms with van der Waals surface area (Å²) in [5, 5.41) is 0. The lowest BCUT2D eigenvalue weighted by atomic mass is 9.95. The van der Waals surface area contributed by atoms with Gasteiger partial charge in [-0.3, -0.25) is 0 Å². The van der Waals surface area contributed by atoms with Gasteiger partial charge in [0, 0.05) is 17.5 Å². The SMILES string of the molecule is CCCn1c(C(C)(C)C)nc(-c2cccc(F)c2F)c1N. The maximum atomic E-state index is 14.0. The van der Waals surface area contributed by atoms with Gasteiger partial charge in [-0.1, -0.05) is 33.8 Å². The third-order valence-corrected chi connectivity index (χ3v) is 3.33. The molecular formula is C16H21F2N3. The molecule has 3 nitrogen and oxygen atoms in total. The molecule has 2 aromatic rings. The standard InChI is InChI=1S/C16H21F2N3/c1-5-9-21-14(19)13(20-15(21)16(2,3)4)10-7-6-8-11(17)12(10)18/h6-8H,5,9,19H2,1-4H3. The zero-order chi connectivity index (χ0) is 15.8. The largest absolute Gasteiger partial charge is 0.383 e. The van der Waals surface area contributed by atoms with Gasteiger partial charge in [-0.15, -0.1) is 0 Å². The van der Waals surface area contributed by atoms with Crippen LogP contribution in [0.2, 0.25) is 0 Å². The first-order valence-electron chi connectivity index (χ1n) is 7.08. The van der Waals surface area contributed by atoms with Crippen molar-refractivity contribution < 1.29 is 8.78 Å². The van der Waals surface area contributed by atoms with Crippen molar-refractivity contribution in [2.24, 2.45) is 0 Å². The van der Waals surface area contributed by atoms with E-state index >= 15 is 0 Å². The van der Waals surface area contributed by atoms with Gasteiger partial charge in [0.05, 0.1) is 0 Å². The van der Waals surface area contributed by atoms with Crippen LogP contribution in [0.3, 0.4) is 0 Å². The smallest absolute Gasteiger partial charge is 0.168 e. The first-order valence-corrected chi connectivity index (χ1v) is 7.08. The molecule has 0 radical (unpaired) electrons. The van der Waals surface area contributed by atoms with E-state index in [1.165, 1.54) is 12.1 Å². The highest BCUT2D eigenvalue weighted by atomic mass is 19.2. The van der Waals surface area contributed by atoms with Crippen LogP contribution in [0.4, 0.5) is 14.6 Å². The molecule has 5 heteroatoms. The zero-order valence-corrected chi connectivity index (χ0v) is 12.9. The first-order chi connectivity index (χ1) is 9.77. The molecule has 2 rings (SSSR count). The second-order valence-corrected chi connectivity index (χ2v) is 6.17. The highest BCUT2D eigenvalue weighted by Gasteiger charge is 2.26. The van der Waals surface area contributed by atoms with Gasteiger partial charge in [0.25, 0.3) is 0 Å². The monoisotopic (exact) mass is 293 g/mol. The van der Waals surface area contributed by atoms with E-state index in [0.717, 1.165) is 18.3 Å². The Morgan fingerprint density at radius 3 is 2.48 bits per heavy atom. The second-order valence-electron chi connectivity index (χ2n) is 6.17. The Balaban J connectivity index is 2.68. The van der Waals surface area contributed by atoms with Crippen molar-refractivity contribution >= 4 is 5.82 Å². The van der Waals surface area contributed by atoms with Crippen molar-refractivity contribution in [3.8, 4) is 11.3 Å². The van der Waals surface area contributed by atoms with Crippen molar-refractivity contribution in [2.75, 3.05) is 5.73 Å². The average Bonchev–Trinajstić information content (AvgIpc) is 2.71. The normalized spacial score (nSPS) is 11.9. The van der Waals surface area contributed by atoms with E-state index in [1.54, 1.807) is 0 Å². The Hall–Kier alpha value is -1.91. The second kappa shape index (κ2) is 5.47. The molecule has 0 fully saturated rings. The van der Waals surface area contributed by atoms with Gasteiger partial charge in [-0.2, -0.15) is 0 Å². The molecule has 0 amide bonds. The highest BCUT2D eigenvalue weighted by molar-refractivity contribution is 5.71. The highest BCUT2D eigenvalue weighted by Crippen LogP contribution is 2.33. The molecule has 0 saturated heterocycles. The Labute approximate surface area is 123 Å². The number of rotatable bonds is 3. The number of nitrogens with two attached hydrogens (primary N) is 1. The maximum Gasteiger partial charge on any atom is 0.168 e. The van der Waals surface area contributed by atoms with Gasteiger partial charge < -0.3 is 10.3 Å². The number of hydrogen-bond acceptors (Lipinski definition) is 2. The van der Waals surface area contributed by atoms with Gasteiger partial charge in [0.1, 0.15) is 17.3 Å². The number of imidazole rings is 1. The molecule has 0 spiro atoms. The fraction of sp³-hybridized carbons (Fsp3) is 0.438. The molecule has 2 N–H and O–H groups in total. The van der Waals surface area contributed by atoms with Crippen LogP contribution in [0.15, 0.2) is 18.2 Å². The topological polar surface area (TPSA) is 43.8 Å². The van der Waals surface area contributed by atoms with Crippen molar-refractivity contribution in [3.63, 3.8) is 0 Å². The van der Waals surface area contributed by atoms with E-state index in [-0.39, 0.29) is 11.0 Å². The van der Waals surface area contributed by atoms with Gasteiger partial charge in [0.2, 0.25) is 0 Å². The lowest BCUT2D eigenvalue weighted by Crippen LogP contribution is -2.19. The summed E-state index contributed by atoms with van der Waals surface area (Å²) in [6, 6.07) is 4.05. The molecule has 0 aliphatic carbocycles. The van der Waals surface area contributed by atoms with Crippen LogP contribution >= 0.6 is 0 Å². The van der Waals surface area contributed by atoms with E-state index < -0.39 is 11.6 Å². The fourth-order valence-corrected chi connectivity index (χ4v) is 2.37. The van der Waals surface area contributed by atoms with E-state index in [2.05, 4.69) is 4.98 Å². The van der Waals surface area contributed by atoms with E-state index in [0.29, 0.717) is 18.1 Å². The third kappa shape index (κ3) is 2.77. The molecule has 0 unspecified atom stereocenters. The van der Waals surface area contributed by atoms with Crippen LogP contribution in [-0.2, 0) is 12.0 Å². The molecule has 1 aromatic carbocycles. The fourth-order valence-electron chi connectivity index (χ4n) is 2.37. The molecule has 0 saturated carbocycles. The Morgan fingerprint density at radius 2 is 1.90 bits per heavy atom. The number of nitrogen functional groups attached to an aromatic ring is 1. The van der Waals surface area contributed by atoms with E-state index in [1.807, 2.05) is 32.3 Å². The molecule has 21 heavy (non-hydrogen) atoms. The number of benzene rings is 1. The number of hydrogen-bond donors (Lipinski definition) is 1. The van der Waals surface area contributed by atoms with Crippen molar-refractivity contribution in [3.05, 3.63) is 35.7 Å². The van der Waals surface area contributed by atoms with Crippen molar-refractivity contribution in [2.45, 2.75) is 46.1 Å². The number of halogens is 2. The number of anilines is 1. The first kappa shape index (κ1) is 15.5. The Morgan fingerprint density at radius 1 is 1.24 bits per heavy atom. The summed E-state index contributed by atoms with van der Waals surface area (Å²) in [5.74, 6) is -0.646. The zero-order valence-electron chi connectivity index (χ0n) is 12.9. The lowest BCUT2D eigenvalue weighted by Gasteiger charge is -2.19. The summed E-state index contributed by atoms with van der Waals surface area (Å²) in [7, 11) is 0. The molecular weight excluding hydrogens is 272 g/mol. The molecule has 1 heterocycles. The van der Waals surface area contributed by atoms with Gasteiger partial charge in [-0.05, 0) is 18.6 Å². The summed E-state index contributed by atoms with van der Waals surface area (Å²) in [4.78, 5) is 4.50. The number of nitrogens with zero attached hydrogens (tertiary/aromatic N) is 2.